The number of hydrogen-bond acceptors (Lipinski definition) is 7. The van der Waals surface area contributed by atoms with Crippen LogP contribution in [0.15, 0.2) is 23.1 Å². The molecule has 8 nitrogen and oxygen atoms in total. The minimum atomic E-state index is -4.88. The van der Waals surface area contributed by atoms with Crippen molar-refractivity contribution in [2.45, 2.75) is 105 Å². The number of amides is 1. The summed E-state index contributed by atoms with van der Waals surface area (Å²) in [5.74, 6) is -1.32. The third kappa shape index (κ3) is 6.37. The molecule has 0 bridgehead atoms. The van der Waals surface area contributed by atoms with Crippen molar-refractivity contribution in [1.82, 2.24) is 10.2 Å². The van der Waals surface area contributed by atoms with Gasteiger partial charge in [0, 0.05) is 37.9 Å². The van der Waals surface area contributed by atoms with E-state index in [1.165, 1.54) is 6.07 Å². The predicted molar refractivity (Wildman–Crippen MR) is 147 cm³/mol. The van der Waals surface area contributed by atoms with E-state index in [9.17, 15) is 31.6 Å². The molecule has 3 saturated carbocycles. The second-order valence-corrected chi connectivity index (χ2v) is 14.5. The molecule has 41 heavy (non-hydrogen) atoms. The summed E-state index contributed by atoms with van der Waals surface area (Å²) in [6.07, 6.45) is -1.35. The Hall–Kier alpha value is -2.36. The zero-order valence-corrected chi connectivity index (χ0v) is 24.4. The van der Waals surface area contributed by atoms with Gasteiger partial charge in [-0.05, 0) is 70.6 Å². The maximum absolute atomic E-state index is 14.4. The second kappa shape index (κ2) is 11.4. The number of carbonyl (C=O) groups is 1. The summed E-state index contributed by atoms with van der Waals surface area (Å²) in [4.78, 5) is 16.6. The number of ether oxygens (including phenoxy) is 1. The van der Waals surface area contributed by atoms with Crippen LogP contribution in [0.1, 0.15) is 70.8 Å². The van der Waals surface area contributed by atoms with Gasteiger partial charge in [-0.3, -0.25) is 9.69 Å². The summed E-state index contributed by atoms with van der Waals surface area (Å²) in [5.41, 5.74) is -1.77. The Bertz CT molecular complexity index is 1280. The molecule has 0 radical (unpaired) electrons. The monoisotopic (exact) mass is 596 g/mol. The molecule has 12 heteroatoms. The first-order valence-electron chi connectivity index (χ1n) is 14.7. The van der Waals surface area contributed by atoms with Gasteiger partial charge in [0.1, 0.15) is 5.54 Å². The van der Waals surface area contributed by atoms with Gasteiger partial charge in [-0.2, -0.15) is 18.4 Å². The van der Waals surface area contributed by atoms with Gasteiger partial charge in [-0.1, -0.05) is 12.8 Å². The molecular formula is C29H39F3N4O4S. The first-order chi connectivity index (χ1) is 19.3. The van der Waals surface area contributed by atoms with Gasteiger partial charge in [-0.25, -0.2) is 8.42 Å². The lowest BCUT2D eigenvalue weighted by Crippen LogP contribution is -2.49. The average molecular weight is 597 g/mol. The van der Waals surface area contributed by atoms with Crippen molar-refractivity contribution in [3.8, 4) is 6.07 Å². The number of halogens is 3. The van der Waals surface area contributed by atoms with Crippen molar-refractivity contribution < 1.29 is 31.1 Å². The number of nitrogens with zero attached hydrogens (tertiary/aromatic N) is 3. The molecule has 0 unspecified atom stereocenters. The van der Waals surface area contributed by atoms with Gasteiger partial charge in [-0.15, -0.1) is 0 Å². The van der Waals surface area contributed by atoms with Crippen molar-refractivity contribution in [3.63, 3.8) is 0 Å². The zero-order chi connectivity index (χ0) is 29.6. The molecule has 3 aliphatic carbocycles. The van der Waals surface area contributed by atoms with Gasteiger partial charge in [0.25, 0.3) is 0 Å². The van der Waals surface area contributed by atoms with Gasteiger partial charge < -0.3 is 15.0 Å². The zero-order valence-electron chi connectivity index (χ0n) is 23.6. The Morgan fingerprint density at radius 2 is 1.78 bits per heavy atom. The molecule has 1 aliphatic heterocycles. The topological polar surface area (TPSA) is 103 Å². The number of rotatable bonds is 8. The lowest BCUT2D eigenvalue weighted by atomic mass is 10.0. The third-order valence-electron chi connectivity index (χ3n) is 9.22. The van der Waals surface area contributed by atoms with E-state index >= 15 is 0 Å². The van der Waals surface area contributed by atoms with Gasteiger partial charge >= 0.3 is 6.18 Å². The highest BCUT2D eigenvalue weighted by Crippen LogP contribution is 2.44. The number of nitriles is 1. The molecule has 1 amide bonds. The van der Waals surface area contributed by atoms with Crippen LogP contribution >= 0.6 is 0 Å². The first-order valence-corrected chi connectivity index (χ1v) is 16.2. The number of alkyl halides is 3. The molecule has 1 aromatic carbocycles. The van der Waals surface area contributed by atoms with Gasteiger partial charge in [0.2, 0.25) is 5.91 Å². The molecule has 1 heterocycles. The Kier molecular flexibility index (Phi) is 8.36. The maximum atomic E-state index is 14.4. The number of hydrogen-bond donors (Lipinski definition) is 1. The van der Waals surface area contributed by atoms with Crippen LogP contribution in [0.5, 0.6) is 0 Å². The molecule has 226 valence electrons. The SMILES string of the molecule is CC(C)N1CCN(c2ccc(S(=O)(=O)[C@H]3C[C@@H](OC4CCCC4)[C@H](C(=O)NC4(C#N)CC4)C3)c(C(F)(F)F)c2)CC1. The standard InChI is InChI=1S/C29H39F3N4O4S/c1-19(2)35-11-13-36(14-12-35)20-7-8-26(24(15-20)29(30,31)32)41(38,39)22-16-23(27(37)34-28(18-33)9-10-28)25(17-22)40-21-5-3-4-6-21/h7-8,15,19,21-23,25H,3-6,9-14,16-17H2,1-2H3,(H,34,37)/t22-,23-,25-/m1/s1. The summed E-state index contributed by atoms with van der Waals surface area (Å²) in [5, 5.41) is 11.0. The van der Waals surface area contributed by atoms with E-state index in [4.69, 9.17) is 4.74 Å². The van der Waals surface area contributed by atoms with Crippen molar-refractivity contribution in [1.29, 1.82) is 5.26 Å². The van der Waals surface area contributed by atoms with E-state index < -0.39 is 55.2 Å². The molecule has 3 atom stereocenters. The lowest BCUT2D eigenvalue weighted by Gasteiger charge is -2.38. The molecule has 1 aromatic rings. The summed E-state index contributed by atoms with van der Waals surface area (Å²) in [7, 11) is -4.46. The third-order valence-corrected chi connectivity index (χ3v) is 11.4. The van der Waals surface area contributed by atoms with Crippen molar-refractivity contribution in [2.75, 3.05) is 31.1 Å². The predicted octanol–water partition coefficient (Wildman–Crippen LogP) is 4.29. The van der Waals surface area contributed by atoms with Crippen molar-refractivity contribution in [2.24, 2.45) is 5.92 Å². The average Bonchev–Trinajstić information content (AvgIpc) is 3.30. The normalized spacial score (nSPS) is 27.2. The molecule has 4 aliphatic rings. The molecule has 5 rings (SSSR count). The fourth-order valence-electron chi connectivity index (χ4n) is 6.48. The van der Waals surface area contributed by atoms with E-state index in [2.05, 4.69) is 30.1 Å². The highest BCUT2D eigenvalue weighted by Gasteiger charge is 2.51. The summed E-state index contributed by atoms with van der Waals surface area (Å²) >= 11 is 0. The number of carbonyl (C=O) groups excluding carboxylic acids is 1. The quantitative estimate of drug-likeness (QED) is 0.478. The van der Waals surface area contributed by atoms with E-state index in [1.54, 1.807) is 0 Å². The van der Waals surface area contributed by atoms with E-state index in [-0.39, 0.29) is 18.9 Å². The highest BCUT2D eigenvalue weighted by atomic mass is 32.2. The Morgan fingerprint density at radius 1 is 1.12 bits per heavy atom. The van der Waals surface area contributed by atoms with Crippen LogP contribution in [0.3, 0.4) is 0 Å². The smallest absolute Gasteiger partial charge is 0.374 e. The number of nitrogens with one attached hydrogen (secondary N) is 1. The largest absolute Gasteiger partial charge is 0.417 e. The molecular weight excluding hydrogens is 557 g/mol. The number of benzene rings is 1. The van der Waals surface area contributed by atoms with E-state index in [1.807, 2.05) is 4.90 Å². The second-order valence-electron chi connectivity index (χ2n) is 12.3. The Morgan fingerprint density at radius 3 is 2.34 bits per heavy atom. The van der Waals surface area contributed by atoms with Crippen LogP contribution in [0.2, 0.25) is 0 Å². The molecule has 1 N–H and O–H groups in total. The maximum Gasteiger partial charge on any atom is 0.417 e. The van der Waals surface area contributed by atoms with Crippen LogP contribution in [-0.2, 0) is 25.5 Å². The molecule has 4 fully saturated rings. The minimum absolute atomic E-state index is 0.0628. The fraction of sp³-hybridized carbons (Fsp3) is 0.724. The molecule has 0 aromatic heterocycles. The van der Waals surface area contributed by atoms with Crippen molar-refractivity contribution >= 4 is 21.4 Å². The highest BCUT2D eigenvalue weighted by molar-refractivity contribution is 7.92. The van der Waals surface area contributed by atoms with Crippen LogP contribution in [-0.4, -0.2) is 74.4 Å². The fourth-order valence-corrected chi connectivity index (χ4v) is 8.49. The minimum Gasteiger partial charge on any atom is -0.374 e. The Balaban J connectivity index is 1.40. The lowest BCUT2D eigenvalue weighted by molar-refractivity contribution is -0.139. The van der Waals surface area contributed by atoms with Crippen LogP contribution in [0.25, 0.3) is 0 Å². The van der Waals surface area contributed by atoms with E-state index in [0.717, 1.165) is 37.8 Å². The summed E-state index contributed by atoms with van der Waals surface area (Å²) in [6, 6.07) is 5.93. The summed E-state index contributed by atoms with van der Waals surface area (Å²) < 4.78 is 77.0. The first kappa shape index (κ1) is 30.1. The molecule has 1 saturated heterocycles. The molecule has 0 spiro atoms. The number of piperazine rings is 1. The van der Waals surface area contributed by atoms with Gasteiger partial charge in [0.15, 0.2) is 9.84 Å². The van der Waals surface area contributed by atoms with Gasteiger partial charge in [0.05, 0.1) is 39.9 Å². The number of sulfone groups is 1. The van der Waals surface area contributed by atoms with Crippen LogP contribution < -0.4 is 10.2 Å². The van der Waals surface area contributed by atoms with Crippen LogP contribution in [0, 0.1) is 17.2 Å². The van der Waals surface area contributed by atoms with E-state index in [0.29, 0.717) is 50.7 Å². The van der Waals surface area contributed by atoms with Crippen molar-refractivity contribution in [3.05, 3.63) is 23.8 Å². The Labute approximate surface area is 240 Å². The summed E-state index contributed by atoms with van der Waals surface area (Å²) in [6.45, 7) is 6.66. The number of anilines is 1. The van der Waals surface area contributed by atoms with Crippen LogP contribution in [0.4, 0.5) is 18.9 Å².